The van der Waals surface area contributed by atoms with E-state index in [2.05, 4.69) is 15.9 Å². The maximum absolute atomic E-state index is 9.69. The maximum Gasteiger partial charge on any atom is 0.119 e. The Hall–Kier alpha value is -1.06. The molecule has 2 aromatic rings. The van der Waals surface area contributed by atoms with Crippen molar-refractivity contribution >= 4 is 26.7 Å². The molecule has 15 heavy (non-hydrogen) atoms. The number of hydrogen-bond donors (Lipinski definition) is 2. The lowest BCUT2D eigenvalue weighted by Gasteiger charge is -2.05. The van der Waals surface area contributed by atoms with Gasteiger partial charge in [0.05, 0.1) is 0 Å². The molecular weight excluding hydrogens is 256 g/mol. The van der Waals surface area contributed by atoms with Gasteiger partial charge in [0.2, 0.25) is 0 Å². The summed E-state index contributed by atoms with van der Waals surface area (Å²) in [4.78, 5) is 0. The minimum absolute atomic E-state index is 0.0487. The number of halogens is 1. The molecule has 2 aromatic carbocycles. The van der Waals surface area contributed by atoms with Gasteiger partial charge in [-0.25, -0.2) is 0 Å². The van der Waals surface area contributed by atoms with Crippen LogP contribution in [0.4, 0.5) is 0 Å². The summed E-state index contributed by atoms with van der Waals surface area (Å²) in [6, 6.07) is 9.52. The molecule has 0 aliphatic heterocycles. The third-order valence-electron chi connectivity index (χ3n) is 2.38. The summed E-state index contributed by atoms with van der Waals surface area (Å²) in [5.41, 5.74) is 0.781. The average Bonchev–Trinajstić information content (AvgIpc) is 2.20. The van der Waals surface area contributed by atoms with E-state index in [-0.39, 0.29) is 12.4 Å². The van der Waals surface area contributed by atoms with Crippen molar-refractivity contribution < 1.29 is 10.2 Å². The van der Waals surface area contributed by atoms with Crippen LogP contribution in [0.25, 0.3) is 10.8 Å². The number of aliphatic hydroxyl groups is 1. The van der Waals surface area contributed by atoms with Crippen LogP contribution in [0.5, 0.6) is 5.75 Å². The quantitative estimate of drug-likeness (QED) is 0.878. The lowest BCUT2D eigenvalue weighted by molar-refractivity contribution is 0.297. The monoisotopic (exact) mass is 266 g/mol. The summed E-state index contributed by atoms with van der Waals surface area (Å²) in [6.45, 7) is 0.0487. The van der Waals surface area contributed by atoms with E-state index in [0.717, 1.165) is 20.8 Å². The highest BCUT2D eigenvalue weighted by molar-refractivity contribution is 9.10. The number of phenols is 1. The average molecular weight is 267 g/mol. The van der Waals surface area contributed by atoms with E-state index >= 15 is 0 Å². The standard InChI is InChI=1S/C12H11BrO2/c13-11-2-1-8-7-12(15)9(3-4-14)5-10(8)6-11/h1-2,5-7,14-15H,3-4H2. The number of fused-ring (bicyclic) bond motifs is 1. The smallest absolute Gasteiger partial charge is 0.119 e. The summed E-state index contributed by atoms with van der Waals surface area (Å²) in [6.07, 6.45) is 0.480. The van der Waals surface area contributed by atoms with Crippen LogP contribution in [0, 0.1) is 0 Å². The largest absolute Gasteiger partial charge is 0.508 e. The molecule has 0 saturated carbocycles. The molecule has 78 valence electrons. The summed E-state index contributed by atoms with van der Waals surface area (Å²) < 4.78 is 1.01. The fraction of sp³-hybridized carbons (Fsp3) is 0.167. The van der Waals surface area contributed by atoms with Crippen molar-refractivity contribution in [1.82, 2.24) is 0 Å². The van der Waals surface area contributed by atoms with Gasteiger partial charge in [0.25, 0.3) is 0 Å². The fourth-order valence-corrected chi connectivity index (χ4v) is 2.00. The first-order valence-electron chi connectivity index (χ1n) is 4.73. The highest BCUT2D eigenvalue weighted by Crippen LogP contribution is 2.27. The molecule has 0 aromatic heterocycles. The molecule has 2 nitrogen and oxygen atoms in total. The van der Waals surface area contributed by atoms with Crippen molar-refractivity contribution in [1.29, 1.82) is 0 Å². The Labute approximate surface area is 96.3 Å². The number of aromatic hydroxyl groups is 1. The summed E-state index contributed by atoms with van der Waals surface area (Å²) in [5, 5.41) is 20.6. The summed E-state index contributed by atoms with van der Waals surface area (Å²) in [7, 11) is 0. The molecular formula is C12H11BrO2. The zero-order valence-corrected chi connectivity index (χ0v) is 9.66. The second kappa shape index (κ2) is 4.21. The van der Waals surface area contributed by atoms with E-state index < -0.39 is 0 Å². The fourth-order valence-electron chi connectivity index (χ4n) is 1.62. The SMILES string of the molecule is OCCc1cc2cc(Br)ccc2cc1O. The normalized spacial score (nSPS) is 10.8. The van der Waals surface area contributed by atoms with Gasteiger partial charge in [0.15, 0.2) is 0 Å². The summed E-state index contributed by atoms with van der Waals surface area (Å²) >= 11 is 3.40. The Morgan fingerprint density at radius 3 is 2.60 bits per heavy atom. The van der Waals surface area contributed by atoms with Gasteiger partial charge >= 0.3 is 0 Å². The van der Waals surface area contributed by atoms with Crippen molar-refractivity contribution in [3.8, 4) is 5.75 Å². The molecule has 0 aliphatic carbocycles. The summed E-state index contributed by atoms with van der Waals surface area (Å²) in [5.74, 6) is 0.249. The lowest BCUT2D eigenvalue weighted by atomic mass is 10.0. The van der Waals surface area contributed by atoms with Gasteiger partial charge in [-0.2, -0.15) is 0 Å². The van der Waals surface area contributed by atoms with Crippen LogP contribution < -0.4 is 0 Å². The second-order valence-electron chi connectivity index (χ2n) is 3.45. The molecule has 3 heteroatoms. The van der Waals surface area contributed by atoms with Crippen molar-refractivity contribution in [3.05, 3.63) is 40.4 Å². The number of hydrogen-bond acceptors (Lipinski definition) is 2. The minimum atomic E-state index is 0.0487. The van der Waals surface area contributed by atoms with Gasteiger partial charge in [0, 0.05) is 11.1 Å². The number of rotatable bonds is 2. The van der Waals surface area contributed by atoms with Crippen LogP contribution in [-0.2, 0) is 6.42 Å². The van der Waals surface area contributed by atoms with Crippen LogP contribution in [0.2, 0.25) is 0 Å². The van der Waals surface area contributed by atoms with Crippen LogP contribution >= 0.6 is 15.9 Å². The lowest BCUT2D eigenvalue weighted by Crippen LogP contribution is -1.91. The van der Waals surface area contributed by atoms with Crippen LogP contribution in [0.15, 0.2) is 34.8 Å². The van der Waals surface area contributed by atoms with E-state index in [1.165, 1.54) is 0 Å². The van der Waals surface area contributed by atoms with E-state index in [1.807, 2.05) is 24.3 Å². The first-order chi connectivity index (χ1) is 7.20. The molecule has 0 saturated heterocycles. The van der Waals surface area contributed by atoms with Crippen molar-refractivity contribution in [2.75, 3.05) is 6.61 Å². The third-order valence-corrected chi connectivity index (χ3v) is 2.87. The Balaban J connectivity index is 2.61. The molecule has 2 rings (SSSR count). The Kier molecular flexibility index (Phi) is 2.93. The van der Waals surface area contributed by atoms with E-state index in [9.17, 15) is 5.11 Å². The number of phenolic OH excluding ortho intramolecular Hbond substituents is 1. The zero-order valence-electron chi connectivity index (χ0n) is 8.07. The van der Waals surface area contributed by atoms with Gasteiger partial charge in [0.1, 0.15) is 5.75 Å². The highest BCUT2D eigenvalue weighted by atomic mass is 79.9. The molecule has 2 N–H and O–H groups in total. The third kappa shape index (κ3) is 2.13. The van der Waals surface area contributed by atoms with E-state index in [1.54, 1.807) is 6.07 Å². The molecule has 0 bridgehead atoms. The van der Waals surface area contributed by atoms with Crippen molar-refractivity contribution in [2.24, 2.45) is 0 Å². The van der Waals surface area contributed by atoms with E-state index in [4.69, 9.17) is 5.11 Å². The van der Waals surface area contributed by atoms with Gasteiger partial charge in [-0.1, -0.05) is 22.0 Å². The molecule has 0 heterocycles. The molecule has 0 aliphatic rings. The minimum Gasteiger partial charge on any atom is -0.508 e. The van der Waals surface area contributed by atoms with Crippen LogP contribution in [0.3, 0.4) is 0 Å². The first-order valence-corrected chi connectivity index (χ1v) is 5.52. The molecule has 0 amide bonds. The Bertz CT molecular complexity index is 494. The first kappa shape index (κ1) is 10.5. The van der Waals surface area contributed by atoms with Crippen LogP contribution in [-0.4, -0.2) is 16.8 Å². The zero-order chi connectivity index (χ0) is 10.8. The van der Waals surface area contributed by atoms with Crippen molar-refractivity contribution in [3.63, 3.8) is 0 Å². The van der Waals surface area contributed by atoms with E-state index in [0.29, 0.717) is 6.42 Å². The maximum atomic E-state index is 9.69. The topological polar surface area (TPSA) is 40.5 Å². The molecule has 0 fully saturated rings. The van der Waals surface area contributed by atoms with Gasteiger partial charge in [-0.05, 0) is 47.0 Å². The predicted molar refractivity (Wildman–Crippen MR) is 64.1 cm³/mol. The van der Waals surface area contributed by atoms with Crippen molar-refractivity contribution in [2.45, 2.75) is 6.42 Å². The van der Waals surface area contributed by atoms with Crippen LogP contribution in [0.1, 0.15) is 5.56 Å². The number of aliphatic hydroxyl groups excluding tert-OH is 1. The Morgan fingerprint density at radius 2 is 1.87 bits per heavy atom. The molecule has 0 radical (unpaired) electrons. The van der Waals surface area contributed by atoms with Gasteiger partial charge in [-0.3, -0.25) is 0 Å². The highest BCUT2D eigenvalue weighted by Gasteiger charge is 2.03. The molecule has 0 unspecified atom stereocenters. The number of benzene rings is 2. The molecule has 0 spiro atoms. The second-order valence-corrected chi connectivity index (χ2v) is 4.36. The van der Waals surface area contributed by atoms with Gasteiger partial charge in [-0.15, -0.1) is 0 Å². The predicted octanol–water partition coefficient (Wildman–Crippen LogP) is 2.84. The van der Waals surface area contributed by atoms with Gasteiger partial charge < -0.3 is 10.2 Å². The Morgan fingerprint density at radius 1 is 1.07 bits per heavy atom. The molecule has 0 atom stereocenters.